The Bertz CT molecular complexity index is 584. The summed E-state index contributed by atoms with van der Waals surface area (Å²) in [7, 11) is 0. The molecule has 0 saturated carbocycles. The van der Waals surface area contributed by atoms with Crippen LogP contribution in [-0.4, -0.2) is 5.88 Å². The fourth-order valence-corrected chi connectivity index (χ4v) is 2.61. The van der Waals surface area contributed by atoms with Gasteiger partial charge in [-0.25, -0.2) is 8.78 Å². The van der Waals surface area contributed by atoms with Gasteiger partial charge in [0.05, 0.1) is 5.02 Å². The summed E-state index contributed by atoms with van der Waals surface area (Å²) in [5.41, 5.74) is 1.40. The fourth-order valence-electron chi connectivity index (χ4n) is 2.20. The number of rotatable bonds is 5. The van der Waals surface area contributed by atoms with Crippen molar-refractivity contribution in [2.45, 2.75) is 12.8 Å². The Balaban J connectivity index is 2.11. The predicted octanol–water partition coefficient (Wildman–Crippen LogP) is 5.26. The zero-order valence-corrected chi connectivity index (χ0v) is 12.3. The minimum Gasteiger partial charge on any atom is -0.207 e. The monoisotopic (exact) mass is 314 g/mol. The number of hydrogen-bond acceptors (Lipinski definition) is 0. The van der Waals surface area contributed by atoms with Crippen LogP contribution in [0.3, 0.4) is 0 Å². The average molecular weight is 315 g/mol. The summed E-state index contributed by atoms with van der Waals surface area (Å²) in [5.74, 6) is -0.262. The zero-order chi connectivity index (χ0) is 14.5. The first-order valence-electron chi connectivity index (χ1n) is 6.33. The molecule has 0 aliphatic heterocycles. The largest absolute Gasteiger partial charge is 0.207 e. The van der Waals surface area contributed by atoms with E-state index in [0.29, 0.717) is 24.3 Å². The normalized spacial score (nSPS) is 12.4. The Morgan fingerprint density at radius 1 is 1.00 bits per heavy atom. The fraction of sp³-hybridized carbons (Fsp3) is 0.250. The number of benzene rings is 2. The van der Waals surface area contributed by atoms with Crippen molar-refractivity contribution >= 4 is 23.2 Å². The first kappa shape index (κ1) is 15.3. The number of alkyl halides is 1. The summed E-state index contributed by atoms with van der Waals surface area (Å²) in [6, 6.07) is 11.3. The highest BCUT2D eigenvalue weighted by Gasteiger charge is 2.14. The van der Waals surface area contributed by atoms with Gasteiger partial charge in [-0.1, -0.05) is 35.9 Å². The van der Waals surface area contributed by atoms with E-state index < -0.39 is 5.82 Å². The van der Waals surface area contributed by atoms with Gasteiger partial charge in [-0.2, -0.15) is 0 Å². The van der Waals surface area contributed by atoms with Crippen LogP contribution in [0, 0.1) is 17.6 Å². The van der Waals surface area contributed by atoms with Crippen LogP contribution in [0.2, 0.25) is 5.02 Å². The maximum Gasteiger partial charge on any atom is 0.144 e. The average Bonchev–Trinajstić information content (AvgIpc) is 2.43. The summed E-state index contributed by atoms with van der Waals surface area (Å²) in [6.07, 6.45) is 1.08. The Kier molecular flexibility index (Phi) is 5.38. The van der Waals surface area contributed by atoms with Gasteiger partial charge in [0.1, 0.15) is 11.6 Å². The molecule has 0 fully saturated rings. The molecule has 20 heavy (non-hydrogen) atoms. The van der Waals surface area contributed by atoms with Gasteiger partial charge in [-0.15, -0.1) is 11.6 Å². The minimum atomic E-state index is -0.400. The topological polar surface area (TPSA) is 0 Å². The van der Waals surface area contributed by atoms with Crippen LogP contribution in [0.5, 0.6) is 0 Å². The lowest BCUT2D eigenvalue weighted by atomic mass is 9.94. The molecule has 2 aromatic rings. The first-order valence-corrected chi connectivity index (χ1v) is 7.24. The van der Waals surface area contributed by atoms with Gasteiger partial charge in [0.25, 0.3) is 0 Å². The van der Waals surface area contributed by atoms with E-state index in [-0.39, 0.29) is 16.8 Å². The molecule has 4 heteroatoms. The van der Waals surface area contributed by atoms with Crippen molar-refractivity contribution in [3.8, 4) is 0 Å². The van der Waals surface area contributed by atoms with Crippen LogP contribution in [-0.2, 0) is 12.8 Å². The van der Waals surface area contributed by atoms with Gasteiger partial charge in [0.2, 0.25) is 0 Å². The van der Waals surface area contributed by atoms with E-state index in [9.17, 15) is 8.78 Å². The molecule has 0 radical (unpaired) electrons. The van der Waals surface area contributed by atoms with Crippen molar-refractivity contribution < 1.29 is 8.78 Å². The van der Waals surface area contributed by atoms with Gasteiger partial charge in [0.15, 0.2) is 0 Å². The molecule has 0 spiro atoms. The Morgan fingerprint density at radius 3 is 2.45 bits per heavy atom. The second-order valence-corrected chi connectivity index (χ2v) is 5.49. The van der Waals surface area contributed by atoms with Crippen LogP contribution in [0.4, 0.5) is 8.78 Å². The summed E-state index contributed by atoms with van der Waals surface area (Å²) in [4.78, 5) is 0. The smallest absolute Gasteiger partial charge is 0.144 e. The second kappa shape index (κ2) is 7.05. The van der Waals surface area contributed by atoms with E-state index in [1.54, 1.807) is 18.2 Å². The van der Waals surface area contributed by atoms with Gasteiger partial charge in [0, 0.05) is 5.88 Å². The van der Waals surface area contributed by atoms with E-state index in [1.165, 1.54) is 18.2 Å². The maximum atomic E-state index is 13.9. The number of hydrogen-bond donors (Lipinski definition) is 0. The molecule has 106 valence electrons. The summed E-state index contributed by atoms with van der Waals surface area (Å²) < 4.78 is 27.0. The Hall–Kier alpha value is -1.12. The third kappa shape index (κ3) is 3.94. The van der Waals surface area contributed by atoms with Gasteiger partial charge >= 0.3 is 0 Å². The van der Waals surface area contributed by atoms with Crippen molar-refractivity contribution in [1.82, 2.24) is 0 Å². The molecule has 0 heterocycles. The summed E-state index contributed by atoms with van der Waals surface area (Å²) in [5, 5.41) is 0.113. The molecule has 1 atom stereocenters. The lowest BCUT2D eigenvalue weighted by molar-refractivity contribution is 0.544. The quantitative estimate of drug-likeness (QED) is 0.660. The van der Waals surface area contributed by atoms with E-state index in [4.69, 9.17) is 23.2 Å². The van der Waals surface area contributed by atoms with Crippen LogP contribution < -0.4 is 0 Å². The lowest BCUT2D eigenvalue weighted by Gasteiger charge is -2.15. The van der Waals surface area contributed by atoms with Gasteiger partial charge in [-0.05, 0) is 48.1 Å². The highest BCUT2D eigenvalue weighted by molar-refractivity contribution is 6.30. The number of halogens is 4. The molecule has 0 saturated heterocycles. The standard InChI is InChI=1S/C16H14Cl2F2/c17-10-12(7-11-3-1-5-14(19)9-11)8-13-4-2-6-15(18)16(13)20/h1-6,9,12H,7-8,10H2. The highest BCUT2D eigenvalue weighted by Crippen LogP contribution is 2.23. The predicted molar refractivity (Wildman–Crippen MR) is 79.4 cm³/mol. The molecule has 1 unspecified atom stereocenters. The van der Waals surface area contributed by atoms with E-state index in [2.05, 4.69) is 0 Å². The van der Waals surface area contributed by atoms with E-state index in [0.717, 1.165) is 5.56 Å². The van der Waals surface area contributed by atoms with Gasteiger partial charge < -0.3 is 0 Å². The summed E-state index contributed by atoms with van der Waals surface area (Å²) >= 11 is 11.7. The minimum absolute atomic E-state index is 0.0337. The molecular weight excluding hydrogens is 301 g/mol. The highest BCUT2D eigenvalue weighted by atomic mass is 35.5. The van der Waals surface area contributed by atoms with Crippen molar-refractivity contribution in [3.05, 3.63) is 70.2 Å². The molecule has 0 aromatic heterocycles. The van der Waals surface area contributed by atoms with Crippen molar-refractivity contribution in [2.24, 2.45) is 5.92 Å². The molecule has 0 bridgehead atoms. The van der Waals surface area contributed by atoms with E-state index >= 15 is 0 Å². The molecule has 2 rings (SSSR count). The van der Waals surface area contributed by atoms with Gasteiger partial charge in [-0.3, -0.25) is 0 Å². The molecule has 2 aromatic carbocycles. The first-order chi connectivity index (χ1) is 9.60. The summed E-state index contributed by atoms with van der Waals surface area (Å²) in [6.45, 7) is 0. The zero-order valence-electron chi connectivity index (χ0n) is 10.8. The molecule has 0 N–H and O–H groups in total. The van der Waals surface area contributed by atoms with E-state index in [1.807, 2.05) is 6.07 Å². The molecule has 0 amide bonds. The van der Waals surface area contributed by atoms with Crippen molar-refractivity contribution in [2.75, 3.05) is 5.88 Å². The Labute approximate surface area is 127 Å². The Morgan fingerprint density at radius 2 is 1.75 bits per heavy atom. The molecule has 0 aliphatic carbocycles. The molecular formula is C16H14Cl2F2. The maximum absolute atomic E-state index is 13.9. The van der Waals surface area contributed by atoms with Crippen molar-refractivity contribution in [1.29, 1.82) is 0 Å². The third-order valence-electron chi connectivity index (χ3n) is 3.17. The van der Waals surface area contributed by atoms with Crippen LogP contribution in [0.25, 0.3) is 0 Å². The molecule has 0 aliphatic rings. The third-order valence-corrected chi connectivity index (χ3v) is 3.90. The van der Waals surface area contributed by atoms with Crippen LogP contribution in [0.15, 0.2) is 42.5 Å². The van der Waals surface area contributed by atoms with Crippen LogP contribution in [0.1, 0.15) is 11.1 Å². The second-order valence-electron chi connectivity index (χ2n) is 4.77. The van der Waals surface area contributed by atoms with Crippen molar-refractivity contribution in [3.63, 3.8) is 0 Å². The molecule has 0 nitrogen and oxygen atoms in total. The van der Waals surface area contributed by atoms with Crippen LogP contribution >= 0.6 is 23.2 Å². The SMILES string of the molecule is Fc1cccc(CC(CCl)Cc2cccc(Cl)c2F)c1. The lowest BCUT2D eigenvalue weighted by Crippen LogP contribution is -2.11.